The number of aromatic nitrogens is 1. The highest BCUT2D eigenvalue weighted by Crippen LogP contribution is 2.23. The number of halogens is 2. The van der Waals surface area contributed by atoms with Crippen LogP contribution in [-0.4, -0.2) is 18.0 Å². The van der Waals surface area contributed by atoms with Crippen LogP contribution in [0.5, 0.6) is 5.88 Å². The van der Waals surface area contributed by atoms with Crippen LogP contribution in [0.3, 0.4) is 0 Å². The zero-order valence-corrected chi connectivity index (χ0v) is 13.8. The SMILES string of the molecule is COc1ncc(NNC(=O)c2cccc(-c3ccccc3F)c2)cc1F. The van der Waals surface area contributed by atoms with Crippen molar-refractivity contribution >= 4 is 11.6 Å². The number of amides is 1. The minimum absolute atomic E-state index is 0.139. The molecule has 26 heavy (non-hydrogen) atoms. The van der Waals surface area contributed by atoms with Crippen LogP contribution < -0.4 is 15.6 Å². The maximum atomic E-state index is 13.9. The van der Waals surface area contributed by atoms with Gasteiger partial charge < -0.3 is 4.74 Å². The Morgan fingerprint density at radius 2 is 1.85 bits per heavy atom. The number of carbonyl (C=O) groups is 1. The number of rotatable bonds is 5. The number of hydrazine groups is 1. The van der Waals surface area contributed by atoms with Crippen molar-refractivity contribution in [1.82, 2.24) is 10.4 Å². The van der Waals surface area contributed by atoms with Crippen molar-refractivity contribution in [2.24, 2.45) is 0 Å². The highest BCUT2D eigenvalue weighted by Gasteiger charge is 2.10. The van der Waals surface area contributed by atoms with E-state index in [1.54, 1.807) is 42.5 Å². The summed E-state index contributed by atoms with van der Waals surface area (Å²) in [6.45, 7) is 0. The summed E-state index contributed by atoms with van der Waals surface area (Å²) in [5, 5.41) is 0. The van der Waals surface area contributed by atoms with E-state index in [-0.39, 0.29) is 17.4 Å². The van der Waals surface area contributed by atoms with Crippen LogP contribution in [0.4, 0.5) is 14.5 Å². The Morgan fingerprint density at radius 3 is 2.58 bits per heavy atom. The molecule has 0 bridgehead atoms. The molecule has 3 aromatic rings. The number of nitrogens with zero attached hydrogens (tertiary/aromatic N) is 1. The van der Waals surface area contributed by atoms with Gasteiger partial charge in [-0.15, -0.1) is 0 Å². The average Bonchev–Trinajstić information content (AvgIpc) is 2.66. The molecule has 0 aliphatic rings. The second-order valence-corrected chi connectivity index (χ2v) is 5.35. The zero-order valence-electron chi connectivity index (χ0n) is 13.8. The van der Waals surface area contributed by atoms with Crippen LogP contribution in [0.15, 0.2) is 60.8 Å². The quantitative estimate of drug-likeness (QED) is 0.684. The smallest absolute Gasteiger partial charge is 0.269 e. The third-order valence-corrected chi connectivity index (χ3v) is 3.63. The van der Waals surface area contributed by atoms with Crippen molar-refractivity contribution in [2.75, 3.05) is 12.5 Å². The Hall–Kier alpha value is -3.48. The van der Waals surface area contributed by atoms with Gasteiger partial charge in [-0.25, -0.2) is 13.8 Å². The molecule has 1 amide bonds. The van der Waals surface area contributed by atoms with E-state index < -0.39 is 11.7 Å². The molecular weight excluding hydrogens is 340 g/mol. The second-order valence-electron chi connectivity index (χ2n) is 5.35. The van der Waals surface area contributed by atoms with E-state index in [4.69, 9.17) is 4.74 Å². The highest BCUT2D eigenvalue weighted by atomic mass is 19.1. The van der Waals surface area contributed by atoms with Gasteiger partial charge in [0.25, 0.3) is 5.91 Å². The normalized spacial score (nSPS) is 10.3. The molecule has 0 unspecified atom stereocenters. The summed E-state index contributed by atoms with van der Waals surface area (Å²) in [4.78, 5) is 16.0. The van der Waals surface area contributed by atoms with Gasteiger partial charge in [-0.3, -0.25) is 15.6 Å². The maximum absolute atomic E-state index is 13.9. The van der Waals surface area contributed by atoms with E-state index in [1.165, 1.54) is 19.4 Å². The lowest BCUT2D eigenvalue weighted by molar-refractivity contribution is 0.0962. The van der Waals surface area contributed by atoms with E-state index in [0.29, 0.717) is 16.7 Å². The molecule has 3 rings (SSSR count). The first-order valence-electron chi connectivity index (χ1n) is 7.69. The molecule has 0 atom stereocenters. The lowest BCUT2D eigenvalue weighted by Gasteiger charge is -2.10. The zero-order chi connectivity index (χ0) is 18.5. The predicted octanol–water partition coefficient (Wildman–Crippen LogP) is 3.79. The van der Waals surface area contributed by atoms with E-state index in [9.17, 15) is 13.6 Å². The average molecular weight is 355 g/mol. The summed E-state index contributed by atoms with van der Waals surface area (Å²) in [7, 11) is 1.31. The standard InChI is InChI=1S/C19H15F2N3O2/c1-26-19-17(21)10-14(11-22-19)23-24-18(25)13-6-4-5-12(9-13)15-7-2-3-8-16(15)20/h2-11,23H,1H3,(H,24,25). The van der Waals surface area contributed by atoms with E-state index in [0.717, 1.165) is 6.07 Å². The van der Waals surface area contributed by atoms with Crippen molar-refractivity contribution in [1.29, 1.82) is 0 Å². The van der Waals surface area contributed by atoms with Crippen molar-refractivity contribution in [3.8, 4) is 17.0 Å². The Balaban J connectivity index is 1.73. The second kappa shape index (κ2) is 7.60. The minimum atomic E-state index is -0.659. The number of hydrogen-bond acceptors (Lipinski definition) is 4. The first kappa shape index (κ1) is 17.3. The van der Waals surface area contributed by atoms with Gasteiger partial charge in [-0.05, 0) is 23.8 Å². The third-order valence-electron chi connectivity index (χ3n) is 3.63. The van der Waals surface area contributed by atoms with Gasteiger partial charge in [0.1, 0.15) is 5.82 Å². The summed E-state index contributed by atoms with van der Waals surface area (Å²) >= 11 is 0. The molecule has 0 spiro atoms. The Labute approximate surface area is 148 Å². The fraction of sp³-hybridized carbons (Fsp3) is 0.0526. The summed E-state index contributed by atoms with van der Waals surface area (Å²) in [5.74, 6) is -1.63. The molecule has 1 heterocycles. The fourth-order valence-electron chi connectivity index (χ4n) is 2.37. The monoisotopic (exact) mass is 355 g/mol. The minimum Gasteiger partial charge on any atom is -0.479 e. The van der Waals surface area contributed by atoms with Crippen LogP contribution in [0.1, 0.15) is 10.4 Å². The number of anilines is 1. The largest absolute Gasteiger partial charge is 0.479 e. The molecule has 0 radical (unpaired) electrons. The van der Waals surface area contributed by atoms with Crippen molar-refractivity contribution < 1.29 is 18.3 Å². The number of nitrogens with one attached hydrogen (secondary N) is 2. The van der Waals surface area contributed by atoms with Crippen LogP contribution in [0, 0.1) is 11.6 Å². The Kier molecular flexibility index (Phi) is 5.07. The summed E-state index contributed by atoms with van der Waals surface area (Å²) in [5.41, 5.74) is 6.56. The Bertz CT molecular complexity index is 948. The first-order chi connectivity index (χ1) is 12.6. The number of methoxy groups -OCH3 is 1. The van der Waals surface area contributed by atoms with Crippen LogP contribution in [0.2, 0.25) is 0 Å². The fourth-order valence-corrected chi connectivity index (χ4v) is 2.37. The van der Waals surface area contributed by atoms with Crippen molar-refractivity contribution in [3.63, 3.8) is 0 Å². The lowest BCUT2D eigenvalue weighted by Crippen LogP contribution is -2.29. The molecule has 0 saturated heterocycles. The number of carbonyl (C=O) groups excluding carboxylic acids is 1. The number of pyridine rings is 1. The van der Waals surface area contributed by atoms with Crippen molar-refractivity contribution in [3.05, 3.63) is 78.0 Å². The molecule has 0 fully saturated rings. The summed E-state index contributed by atoms with van der Waals surface area (Å²) < 4.78 is 32.2. The number of benzene rings is 2. The predicted molar refractivity (Wildman–Crippen MR) is 93.7 cm³/mol. The molecule has 0 aliphatic carbocycles. The van der Waals surface area contributed by atoms with Gasteiger partial charge in [-0.2, -0.15) is 0 Å². The molecule has 2 aromatic carbocycles. The lowest BCUT2D eigenvalue weighted by atomic mass is 10.0. The summed E-state index contributed by atoms with van der Waals surface area (Å²) in [6.07, 6.45) is 1.32. The third kappa shape index (κ3) is 3.77. The van der Waals surface area contributed by atoms with Crippen LogP contribution in [0.25, 0.3) is 11.1 Å². The van der Waals surface area contributed by atoms with Crippen LogP contribution in [-0.2, 0) is 0 Å². The molecule has 132 valence electrons. The van der Waals surface area contributed by atoms with Gasteiger partial charge in [0, 0.05) is 17.2 Å². The van der Waals surface area contributed by atoms with Gasteiger partial charge in [0.15, 0.2) is 5.82 Å². The van der Waals surface area contributed by atoms with Gasteiger partial charge in [0.05, 0.1) is 19.0 Å². The summed E-state index contributed by atoms with van der Waals surface area (Å²) in [6, 6.07) is 14.0. The topological polar surface area (TPSA) is 63.2 Å². The number of hydrogen-bond donors (Lipinski definition) is 2. The van der Waals surface area contributed by atoms with Gasteiger partial charge in [0.2, 0.25) is 5.88 Å². The molecular formula is C19H15F2N3O2. The van der Waals surface area contributed by atoms with Crippen LogP contribution >= 0.6 is 0 Å². The first-order valence-corrected chi connectivity index (χ1v) is 7.69. The molecule has 1 aromatic heterocycles. The molecule has 2 N–H and O–H groups in total. The molecule has 0 aliphatic heterocycles. The number of ether oxygens (including phenoxy) is 1. The molecule has 0 saturated carbocycles. The van der Waals surface area contributed by atoms with E-state index in [2.05, 4.69) is 15.8 Å². The highest BCUT2D eigenvalue weighted by molar-refractivity contribution is 5.96. The van der Waals surface area contributed by atoms with Gasteiger partial charge >= 0.3 is 0 Å². The van der Waals surface area contributed by atoms with Crippen molar-refractivity contribution in [2.45, 2.75) is 0 Å². The molecule has 5 nitrogen and oxygen atoms in total. The maximum Gasteiger partial charge on any atom is 0.269 e. The van der Waals surface area contributed by atoms with E-state index >= 15 is 0 Å². The van der Waals surface area contributed by atoms with E-state index in [1.807, 2.05) is 0 Å². The Morgan fingerprint density at radius 1 is 1.04 bits per heavy atom. The molecule has 7 heteroatoms. The van der Waals surface area contributed by atoms with Gasteiger partial charge in [-0.1, -0.05) is 30.3 Å².